The highest BCUT2D eigenvalue weighted by Crippen LogP contribution is 2.62. The Morgan fingerprint density at radius 1 is 0.846 bits per heavy atom. The van der Waals surface area contributed by atoms with Crippen LogP contribution in [0.2, 0.25) is 0 Å². The first-order valence-corrected chi connectivity index (χ1v) is 7.51. The maximum absolute atomic E-state index is 2.51. The van der Waals surface area contributed by atoms with Gasteiger partial charge >= 0.3 is 0 Å². The van der Waals surface area contributed by atoms with E-state index in [1.807, 2.05) is 0 Å². The fourth-order valence-electron chi connectivity index (χ4n) is 3.38. The van der Waals surface area contributed by atoms with E-state index in [9.17, 15) is 0 Å². The van der Waals surface area contributed by atoms with Gasteiger partial charge in [-0.15, -0.1) is 0 Å². The van der Waals surface area contributed by atoms with Crippen molar-refractivity contribution in [2.75, 3.05) is 0 Å². The molecular formula is C12H23P. The average Bonchev–Trinajstić information content (AvgIpc) is 2.60. The van der Waals surface area contributed by atoms with E-state index in [2.05, 4.69) is 20.8 Å². The highest BCUT2D eigenvalue weighted by atomic mass is 31.1. The van der Waals surface area contributed by atoms with Crippen LogP contribution in [0.3, 0.4) is 0 Å². The zero-order valence-corrected chi connectivity index (χ0v) is 10.2. The molecule has 0 aromatic rings. The van der Waals surface area contributed by atoms with Gasteiger partial charge in [0.15, 0.2) is 0 Å². The second-order valence-electron chi connectivity index (χ2n) is 5.29. The molecular weight excluding hydrogens is 175 g/mol. The molecule has 0 aromatic carbocycles. The van der Waals surface area contributed by atoms with Crippen LogP contribution in [0.1, 0.15) is 52.9 Å². The molecule has 4 atom stereocenters. The van der Waals surface area contributed by atoms with Gasteiger partial charge < -0.3 is 0 Å². The van der Waals surface area contributed by atoms with E-state index in [1.165, 1.54) is 19.3 Å². The van der Waals surface area contributed by atoms with Crippen molar-refractivity contribution in [1.29, 1.82) is 0 Å². The summed E-state index contributed by atoms with van der Waals surface area (Å²) in [7, 11) is 0.405. The molecule has 0 spiro atoms. The first kappa shape index (κ1) is 9.97. The summed E-state index contributed by atoms with van der Waals surface area (Å²) in [4.78, 5) is 0. The van der Waals surface area contributed by atoms with Gasteiger partial charge in [-0.1, -0.05) is 35.1 Å². The van der Waals surface area contributed by atoms with Gasteiger partial charge in [-0.2, -0.15) is 0 Å². The molecule has 2 rings (SSSR count). The van der Waals surface area contributed by atoms with Crippen LogP contribution in [0, 0.1) is 5.92 Å². The molecule has 2 fully saturated rings. The van der Waals surface area contributed by atoms with Crippen molar-refractivity contribution >= 4 is 7.92 Å². The van der Waals surface area contributed by atoms with E-state index in [0.717, 1.165) is 22.9 Å². The Hall–Kier alpha value is 0.430. The summed E-state index contributed by atoms with van der Waals surface area (Å²) in [5, 5.41) is 0. The normalized spacial score (nSPS) is 47.3. The van der Waals surface area contributed by atoms with Gasteiger partial charge in [0, 0.05) is 0 Å². The van der Waals surface area contributed by atoms with Crippen molar-refractivity contribution in [3.8, 4) is 0 Å². The minimum absolute atomic E-state index is 0.405. The van der Waals surface area contributed by atoms with Crippen molar-refractivity contribution in [3.05, 3.63) is 0 Å². The van der Waals surface area contributed by atoms with Gasteiger partial charge in [-0.25, -0.2) is 0 Å². The molecule has 0 radical (unpaired) electrons. The number of rotatable bonds is 1. The van der Waals surface area contributed by atoms with E-state index in [0.29, 0.717) is 7.92 Å². The number of hydrogen-bond donors (Lipinski definition) is 0. The first-order valence-electron chi connectivity index (χ1n) is 5.96. The van der Waals surface area contributed by atoms with E-state index in [1.54, 1.807) is 12.8 Å². The Morgan fingerprint density at radius 3 is 1.92 bits per heavy atom. The topological polar surface area (TPSA) is 0 Å². The molecule has 1 unspecified atom stereocenters. The largest absolute Gasteiger partial charge is 0.0977 e. The molecule has 0 nitrogen and oxygen atoms in total. The van der Waals surface area contributed by atoms with Crippen LogP contribution in [0.25, 0.3) is 0 Å². The summed E-state index contributed by atoms with van der Waals surface area (Å²) < 4.78 is 0. The van der Waals surface area contributed by atoms with Gasteiger partial charge in [-0.05, 0) is 48.6 Å². The van der Waals surface area contributed by atoms with Crippen LogP contribution in [-0.4, -0.2) is 17.0 Å². The minimum atomic E-state index is 0.405. The van der Waals surface area contributed by atoms with Gasteiger partial charge in [0.2, 0.25) is 0 Å². The summed E-state index contributed by atoms with van der Waals surface area (Å²) in [6, 6.07) is 0. The molecule has 1 heteroatoms. The molecule has 13 heavy (non-hydrogen) atoms. The van der Waals surface area contributed by atoms with Crippen molar-refractivity contribution < 1.29 is 0 Å². The Bertz CT molecular complexity index is 168. The second-order valence-corrected chi connectivity index (χ2v) is 8.68. The summed E-state index contributed by atoms with van der Waals surface area (Å²) in [6.07, 6.45) is 7.68. The SMILES string of the molecule is CC1CC[C@@H](P2[C@@H](C)CC[C@@H]2C)C1. The fourth-order valence-corrected chi connectivity index (χ4v) is 7.64. The fraction of sp³-hybridized carbons (Fsp3) is 1.00. The third kappa shape index (κ3) is 1.94. The average molecular weight is 198 g/mol. The van der Waals surface area contributed by atoms with E-state index in [-0.39, 0.29) is 0 Å². The third-order valence-electron chi connectivity index (χ3n) is 4.11. The lowest BCUT2D eigenvalue weighted by atomic mass is 10.1. The van der Waals surface area contributed by atoms with Crippen molar-refractivity contribution in [1.82, 2.24) is 0 Å². The van der Waals surface area contributed by atoms with Crippen LogP contribution in [0.4, 0.5) is 0 Å². The zero-order chi connectivity index (χ0) is 9.42. The van der Waals surface area contributed by atoms with Crippen molar-refractivity contribution in [3.63, 3.8) is 0 Å². The lowest BCUT2D eigenvalue weighted by Gasteiger charge is -2.27. The second kappa shape index (κ2) is 3.89. The Kier molecular flexibility index (Phi) is 2.98. The quantitative estimate of drug-likeness (QED) is 0.553. The van der Waals surface area contributed by atoms with E-state index >= 15 is 0 Å². The highest BCUT2D eigenvalue weighted by molar-refractivity contribution is 7.60. The van der Waals surface area contributed by atoms with Gasteiger partial charge in [0.05, 0.1) is 0 Å². The monoisotopic (exact) mass is 198 g/mol. The molecule has 1 heterocycles. The summed E-state index contributed by atoms with van der Waals surface area (Å²) >= 11 is 0. The predicted molar refractivity (Wildman–Crippen MR) is 61.9 cm³/mol. The smallest absolute Gasteiger partial charge is 0.0202 e. The van der Waals surface area contributed by atoms with Gasteiger partial charge in [0.1, 0.15) is 0 Å². The molecule has 1 saturated carbocycles. The third-order valence-corrected chi connectivity index (χ3v) is 7.97. The number of hydrogen-bond acceptors (Lipinski definition) is 0. The first-order chi connectivity index (χ1) is 6.18. The lowest BCUT2D eigenvalue weighted by molar-refractivity contribution is 0.612. The van der Waals surface area contributed by atoms with Gasteiger partial charge in [0.25, 0.3) is 0 Å². The molecule has 0 amide bonds. The van der Waals surface area contributed by atoms with Crippen molar-refractivity contribution in [2.45, 2.75) is 69.9 Å². The Balaban J connectivity index is 1.99. The van der Waals surface area contributed by atoms with Crippen molar-refractivity contribution in [2.24, 2.45) is 5.92 Å². The maximum Gasteiger partial charge on any atom is -0.0202 e. The van der Waals surface area contributed by atoms with Crippen LogP contribution in [0.15, 0.2) is 0 Å². The Morgan fingerprint density at radius 2 is 1.46 bits per heavy atom. The molecule has 1 saturated heterocycles. The molecule has 1 aliphatic carbocycles. The molecule has 2 aliphatic rings. The summed E-state index contributed by atoms with van der Waals surface area (Å²) in [5.41, 5.74) is 3.32. The zero-order valence-electron chi connectivity index (χ0n) is 9.29. The maximum atomic E-state index is 2.51. The lowest BCUT2D eigenvalue weighted by Crippen LogP contribution is -2.10. The van der Waals surface area contributed by atoms with Gasteiger partial charge in [-0.3, -0.25) is 0 Å². The minimum Gasteiger partial charge on any atom is -0.0977 e. The van der Waals surface area contributed by atoms with Crippen LogP contribution >= 0.6 is 7.92 Å². The molecule has 76 valence electrons. The predicted octanol–water partition coefficient (Wildman–Crippen LogP) is 4.23. The van der Waals surface area contributed by atoms with Crippen LogP contribution < -0.4 is 0 Å². The summed E-state index contributed by atoms with van der Waals surface area (Å²) in [6.45, 7) is 7.47. The van der Waals surface area contributed by atoms with Crippen LogP contribution in [0.5, 0.6) is 0 Å². The van der Waals surface area contributed by atoms with Crippen LogP contribution in [-0.2, 0) is 0 Å². The Labute approximate surface area is 84.2 Å². The summed E-state index contributed by atoms with van der Waals surface area (Å²) in [5.74, 6) is 1.03. The molecule has 0 N–H and O–H groups in total. The highest BCUT2D eigenvalue weighted by Gasteiger charge is 2.38. The molecule has 0 aromatic heterocycles. The standard InChI is InChI=1S/C12H23P/c1-9-4-7-12(8-9)13-10(2)5-6-11(13)3/h9-12H,4-8H2,1-3H3/t9?,10-,11-,12+/m0/s1. The molecule has 0 bridgehead atoms. The molecule has 1 aliphatic heterocycles. The van der Waals surface area contributed by atoms with E-state index in [4.69, 9.17) is 0 Å². The van der Waals surface area contributed by atoms with E-state index < -0.39 is 0 Å².